The lowest BCUT2D eigenvalue weighted by molar-refractivity contribution is 0.0950. The number of anilines is 1. The first-order chi connectivity index (χ1) is 26.0. The van der Waals surface area contributed by atoms with Crippen LogP contribution >= 0.6 is 0 Å². The van der Waals surface area contributed by atoms with Crippen molar-refractivity contribution in [2.24, 2.45) is 5.73 Å². The summed E-state index contributed by atoms with van der Waals surface area (Å²) in [5, 5.41) is 2.69. The zero-order chi connectivity index (χ0) is 38.1. The van der Waals surface area contributed by atoms with Gasteiger partial charge in [-0.1, -0.05) is 0 Å². The summed E-state index contributed by atoms with van der Waals surface area (Å²) < 4.78 is 67.9. The van der Waals surface area contributed by atoms with Crippen molar-refractivity contribution in [3.63, 3.8) is 0 Å². The van der Waals surface area contributed by atoms with Crippen LogP contribution < -0.4 is 41.0 Å². The Balaban J connectivity index is 1.05. The summed E-state index contributed by atoms with van der Waals surface area (Å²) in [5.74, 6) is -1.80. The molecule has 7 rings (SSSR count). The van der Waals surface area contributed by atoms with Gasteiger partial charge in [-0.05, 0) is 55.3 Å². The molecule has 3 N–H and O–H groups in total. The number of ether oxygens (including phenoxy) is 3. The molecule has 4 heterocycles. The molecule has 1 amide bonds. The first kappa shape index (κ1) is 36.0. The molecule has 54 heavy (non-hydrogen) atoms. The van der Waals surface area contributed by atoms with E-state index in [9.17, 15) is 18.8 Å². The number of benzene rings is 3. The fourth-order valence-electron chi connectivity index (χ4n) is 6.36. The molecular formula is C39H34F3N5O7. The number of amides is 1. The summed E-state index contributed by atoms with van der Waals surface area (Å²) in [7, 11) is 2.96. The van der Waals surface area contributed by atoms with Gasteiger partial charge in [-0.2, -0.15) is 0 Å². The molecule has 0 bridgehead atoms. The molecule has 1 aliphatic rings. The number of aromatic nitrogens is 2. The third kappa shape index (κ3) is 7.05. The number of nitrogens with two attached hydrogens (primary N) is 1. The second-order valence-corrected chi connectivity index (χ2v) is 12.7. The molecule has 1 unspecified atom stereocenters. The smallest absolute Gasteiger partial charge is 0.256 e. The highest BCUT2D eigenvalue weighted by Gasteiger charge is 2.26. The predicted octanol–water partition coefficient (Wildman–Crippen LogP) is 5.33. The van der Waals surface area contributed by atoms with Crippen LogP contribution in [0.5, 0.6) is 17.2 Å². The molecule has 15 heteroatoms. The van der Waals surface area contributed by atoms with Crippen LogP contribution in [0.25, 0.3) is 39.0 Å². The number of nitrogens with one attached hydrogen (secondary N) is 1. The number of methoxy groups -OCH3 is 2. The van der Waals surface area contributed by atoms with E-state index in [2.05, 4.69) is 10.3 Å². The number of carbonyl (C=O) groups is 1. The van der Waals surface area contributed by atoms with Gasteiger partial charge in [0.1, 0.15) is 51.2 Å². The van der Waals surface area contributed by atoms with E-state index in [0.29, 0.717) is 71.5 Å². The first-order valence-electron chi connectivity index (χ1n) is 17.0. The van der Waals surface area contributed by atoms with Crippen LogP contribution in [0.1, 0.15) is 23.2 Å². The van der Waals surface area contributed by atoms with Crippen molar-refractivity contribution in [1.82, 2.24) is 14.9 Å². The van der Waals surface area contributed by atoms with Crippen molar-refractivity contribution in [3.8, 4) is 34.3 Å². The highest BCUT2D eigenvalue weighted by atomic mass is 19.1. The van der Waals surface area contributed by atoms with Crippen LogP contribution in [-0.2, 0) is 0 Å². The number of fused-ring (bicyclic) bond motifs is 2. The van der Waals surface area contributed by atoms with Crippen molar-refractivity contribution < 1.29 is 36.6 Å². The average Bonchev–Trinajstić information content (AvgIpc) is 3.60. The van der Waals surface area contributed by atoms with E-state index in [1.807, 2.05) is 0 Å². The molecule has 6 aromatic rings. The average molecular weight is 742 g/mol. The normalized spacial score (nSPS) is 14.1. The van der Waals surface area contributed by atoms with E-state index in [1.165, 1.54) is 20.3 Å². The number of hydrogen-bond acceptors (Lipinski definition) is 10. The van der Waals surface area contributed by atoms with Crippen molar-refractivity contribution >= 4 is 33.7 Å². The van der Waals surface area contributed by atoms with E-state index < -0.39 is 34.4 Å². The number of pyridine rings is 2. The Bertz CT molecular complexity index is 2520. The highest BCUT2D eigenvalue weighted by molar-refractivity contribution is 5.97. The van der Waals surface area contributed by atoms with Gasteiger partial charge in [0, 0.05) is 61.7 Å². The number of hydrogen-bond donors (Lipinski definition) is 2. The first-order valence-corrected chi connectivity index (χ1v) is 17.0. The van der Waals surface area contributed by atoms with E-state index in [4.69, 9.17) is 24.4 Å². The molecule has 0 saturated carbocycles. The molecule has 278 valence electrons. The van der Waals surface area contributed by atoms with Gasteiger partial charge in [-0.3, -0.25) is 19.0 Å². The molecule has 12 nitrogen and oxygen atoms in total. The molecule has 0 spiro atoms. The number of halogens is 3. The summed E-state index contributed by atoms with van der Waals surface area (Å²) >= 11 is 0. The Kier molecular flexibility index (Phi) is 9.97. The summed E-state index contributed by atoms with van der Waals surface area (Å²) in [4.78, 5) is 45.8. The molecule has 0 radical (unpaired) electrons. The molecule has 3 aromatic heterocycles. The van der Waals surface area contributed by atoms with Crippen molar-refractivity contribution in [1.29, 1.82) is 0 Å². The maximum Gasteiger partial charge on any atom is 0.256 e. The van der Waals surface area contributed by atoms with Crippen LogP contribution in [0, 0.1) is 17.5 Å². The van der Waals surface area contributed by atoms with Crippen LogP contribution in [-0.4, -0.2) is 62.0 Å². The van der Waals surface area contributed by atoms with Crippen LogP contribution in [0.4, 0.5) is 19.0 Å². The summed E-state index contributed by atoms with van der Waals surface area (Å²) in [5.41, 5.74) is 5.15. The summed E-state index contributed by atoms with van der Waals surface area (Å²) in [6, 6.07) is 15.1. The second kappa shape index (κ2) is 14.9. The van der Waals surface area contributed by atoms with Gasteiger partial charge < -0.3 is 34.6 Å². The molecule has 1 saturated heterocycles. The van der Waals surface area contributed by atoms with Gasteiger partial charge in [0.05, 0.1) is 31.9 Å². The van der Waals surface area contributed by atoms with Crippen molar-refractivity contribution in [2.75, 3.05) is 45.4 Å². The minimum absolute atomic E-state index is 0.0691. The quantitative estimate of drug-likeness (QED) is 0.167. The number of rotatable bonds is 11. The monoisotopic (exact) mass is 741 g/mol. The van der Waals surface area contributed by atoms with E-state index in [0.717, 1.165) is 29.0 Å². The van der Waals surface area contributed by atoms with Gasteiger partial charge in [-0.15, -0.1) is 0 Å². The van der Waals surface area contributed by atoms with Crippen LogP contribution in [0.3, 0.4) is 0 Å². The predicted molar refractivity (Wildman–Crippen MR) is 195 cm³/mol. The Morgan fingerprint density at radius 3 is 2.48 bits per heavy atom. The fourth-order valence-corrected chi connectivity index (χ4v) is 6.36. The Morgan fingerprint density at radius 2 is 1.78 bits per heavy atom. The minimum atomic E-state index is -0.976. The standard InChI is InChI=1S/C39H34F3N5O7/c1-51-25-15-33(52-2)35-31(48)18-32(54-34(35)16-25)21-4-7-24(8-5-21)53-13-3-11-44-39(50)27-20-47(30-9-6-22(40)14-28(30)41)37-26(36(27)49)17-29(42)38(45-37)46-12-10-23(43)19-46/h4-9,14-18,20,23H,3,10-13,19,43H2,1-2H3,(H,44,50). The summed E-state index contributed by atoms with van der Waals surface area (Å²) in [6.45, 7) is 1.04. The molecule has 1 aliphatic heterocycles. The molecule has 1 fully saturated rings. The van der Waals surface area contributed by atoms with Gasteiger partial charge >= 0.3 is 0 Å². The Labute approximate surface area is 305 Å². The largest absolute Gasteiger partial charge is 0.496 e. The van der Waals surface area contributed by atoms with Gasteiger partial charge in [0.25, 0.3) is 5.91 Å². The second-order valence-electron chi connectivity index (χ2n) is 12.7. The van der Waals surface area contributed by atoms with Crippen LogP contribution in [0.15, 0.2) is 86.9 Å². The van der Waals surface area contributed by atoms with Gasteiger partial charge in [-0.25, -0.2) is 18.2 Å². The highest BCUT2D eigenvalue weighted by Crippen LogP contribution is 2.32. The number of carbonyl (C=O) groups excluding carboxylic acids is 1. The van der Waals surface area contributed by atoms with Crippen molar-refractivity contribution in [3.05, 3.63) is 116 Å². The van der Waals surface area contributed by atoms with E-state index in [-0.39, 0.29) is 47.2 Å². The molecular weight excluding hydrogens is 707 g/mol. The number of nitrogens with zero attached hydrogens (tertiary/aromatic N) is 3. The minimum Gasteiger partial charge on any atom is -0.496 e. The third-order valence-corrected chi connectivity index (χ3v) is 9.09. The zero-order valence-corrected chi connectivity index (χ0v) is 29.2. The maximum atomic E-state index is 15.4. The molecule has 3 aromatic carbocycles. The van der Waals surface area contributed by atoms with E-state index >= 15 is 8.78 Å². The van der Waals surface area contributed by atoms with Crippen LogP contribution in [0.2, 0.25) is 0 Å². The maximum absolute atomic E-state index is 15.4. The van der Waals surface area contributed by atoms with Crippen molar-refractivity contribution in [2.45, 2.75) is 18.9 Å². The Hall–Kier alpha value is -6.35. The lowest BCUT2D eigenvalue weighted by Gasteiger charge is -2.20. The zero-order valence-electron chi connectivity index (χ0n) is 29.2. The SMILES string of the molecule is COc1cc(OC)c2c(=O)cc(-c3ccc(OCCCNC(=O)c4cn(-c5ccc(F)cc5F)c5nc(N6CCC(N)C6)c(F)cc5c4=O)cc3)oc2c1. The summed E-state index contributed by atoms with van der Waals surface area (Å²) in [6.07, 6.45) is 2.06. The lowest BCUT2D eigenvalue weighted by atomic mass is 10.1. The topological polar surface area (TPSA) is 151 Å². The molecule has 0 aliphatic carbocycles. The fraction of sp³-hybridized carbons (Fsp3) is 0.231. The third-order valence-electron chi connectivity index (χ3n) is 9.09. The lowest BCUT2D eigenvalue weighted by Crippen LogP contribution is -2.32. The van der Waals surface area contributed by atoms with Gasteiger partial charge in [0.2, 0.25) is 5.43 Å². The molecule has 1 atom stereocenters. The van der Waals surface area contributed by atoms with E-state index in [1.54, 1.807) is 41.3 Å². The van der Waals surface area contributed by atoms with Gasteiger partial charge in [0.15, 0.2) is 22.7 Å². The Morgan fingerprint density at radius 1 is 0.981 bits per heavy atom.